The molecule has 0 spiro atoms. The van der Waals surface area contributed by atoms with Crippen molar-refractivity contribution in [3.63, 3.8) is 0 Å². The average Bonchev–Trinajstić information content (AvgIpc) is 2.12. The third-order valence-electron chi connectivity index (χ3n) is 2.69. The lowest BCUT2D eigenvalue weighted by Gasteiger charge is -2.44. The molecule has 1 aliphatic rings. The number of hydrogen-bond acceptors (Lipinski definition) is 2. The number of piperazine rings is 1. The van der Waals surface area contributed by atoms with Crippen LogP contribution in [0.25, 0.3) is 0 Å². The molecule has 7 heteroatoms. The summed E-state index contributed by atoms with van der Waals surface area (Å²) in [6.45, 7) is 2.64. The van der Waals surface area contributed by atoms with E-state index in [4.69, 9.17) is 0 Å². The maximum atomic E-state index is 12.3. The van der Waals surface area contributed by atoms with Crippen molar-refractivity contribution in [1.82, 2.24) is 9.80 Å². The van der Waals surface area contributed by atoms with Gasteiger partial charge in [0.1, 0.15) is 5.54 Å². The zero-order chi connectivity index (χ0) is 12.7. The number of hydrogen-bond donors (Lipinski definition) is 0. The second kappa shape index (κ2) is 3.64. The predicted molar refractivity (Wildman–Crippen MR) is 49.5 cm³/mol. The molecular formula is C9H13F3N2O2. The molecule has 1 saturated heterocycles. The molecule has 0 radical (unpaired) electrons. The van der Waals surface area contributed by atoms with Gasteiger partial charge in [-0.1, -0.05) is 0 Å². The van der Waals surface area contributed by atoms with E-state index in [2.05, 4.69) is 0 Å². The van der Waals surface area contributed by atoms with Crippen LogP contribution in [0.2, 0.25) is 0 Å². The van der Waals surface area contributed by atoms with Gasteiger partial charge < -0.3 is 9.80 Å². The zero-order valence-corrected chi connectivity index (χ0v) is 9.26. The SMILES string of the molecule is CN1CCN(C(=O)C(F)(F)F)C(C)(C)C1=O. The fourth-order valence-electron chi connectivity index (χ4n) is 1.72. The molecule has 0 saturated carbocycles. The minimum Gasteiger partial charge on any atom is -0.342 e. The maximum absolute atomic E-state index is 12.3. The molecule has 1 aliphatic heterocycles. The molecule has 4 nitrogen and oxygen atoms in total. The summed E-state index contributed by atoms with van der Waals surface area (Å²) in [5.41, 5.74) is -1.44. The Bertz CT molecular complexity index is 325. The summed E-state index contributed by atoms with van der Waals surface area (Å²) in [6.07, 6.45) is -4.94. The highest BCUT2D eigenvalue weighted by Crippen LogP contribution is 2.27. The van der Waals surface area contributed by atoms with Crippen LogP contribution in [0, 0.1) is 0 Å². The minimum atomic E-state index is -4.94. The number of likely N-dealkylation sites (N-methyl/N-ethyl adjacent to an activating group) is 1. The van der Waals surface area contributed by atoms with Crippen LogP contribution in [0.5, 0.6) is 0 Å². The molecule has 2 amide bonds. The summed E-state index contributed by atoms with van der Waals surface area (Å²) in [5.74, 6) is -2.45. The molecule has 16 heavy (non-hydrogen) atoms. The predicted octanol–water partition coefficient (Wildman–Crippen LogP) is 0.628. The van der Waals surface area contributed by atoms with E-state index in [-0.39, 0.29) is 13.1 Å². The Hall–Kier alpha value is -1.27. The van der Waals surface area contributed by atoms with E-state index in [1.54, 1.807) is 0 Å². The summed E-state index contributed by atoms with van der Waals surface area (Å²) in [6, 6.07) is 0. The minimum absolute atomic E-state index is 0.104. The van der Waals surface area contributed by atoms with Gasteiger partial charge in [-0.15, -0.1) is 0 Å². The van der Waals surface area contributed by atoms with Gasteiger partial charge in [-0.3, -0.25) is 9.59 Å². The average molecular weight is 238 g/mol. The highest BCUT2D eigenvalue weighted by Gasteiger charge is 2.51. The lowest BCUT2D eigenvalue weighted by Crippen LogP contribution is -2.65. The second-order valence-corrected chi connectivity index (χ2v) is 4.24. The number of rotatable bonds is 0. The number of nitrogens with zero attached hydrogens (tertiary/aromatic N) is 2. The number of alkyl halides is 3. The van der Waals surface area contributed by atoms with E-state index in [1.165, 1.54) is 25.8 Å². The highest BCUT2D eigenvalue weighted by molar-refractivity contribution is 5.93. The Labute approximate surface area is 91.0 Å². The van der Waals surface area contributed by atoms with Crippen molar-refractivity contribution in [2.24, 2.45) is 0 Å². The summed E-state index contributed by atoms with van der Waals surface area (Å²) in [7, 11) is 1.50. The first kappa shape index (κ1) is 12.8. The van der Waals surface area contributed by atoms with E-state index in [0.717, 1.165) is 0 Å². The van der Waals surface area contributed by atoms with Crippen molar-refractivity contribution >= 4 is 11.8 Å². The summed E-state index contributed by atoms with van der Waals surface area (Å²) in [5, 5.41) is 0. The van der Waals surface area contributed by atoms with Crippen molar-refractivity contribution in [3.8, 4) is 0 Å². The number of carbonyl (C=O) groups is 2. The lowest BCUT2D eigenvalue weighted by atomic mass is 9.97. The lowest BCUT2D eigenvalue weighted by molar-refractivity contribution is -0.195. The smallest absolute Gasteiger partial charge is 0.342 e. The van der Waals surface area contributed by atoms with Crippen LogP contribution in [0.15, 0.2) is 0 Å². The molecule has 1 heterocycles. The second-order valence-electron chi connectivity index (χ2n) is 4.24. The van der Waals surface area contributed by atoms with E-state index >= 15 is 0 Å². The van der Waals surface area contributed by atoms with Crippen LogP contribution < -0.4 is 0 Å². The van der Waals surface area contributed by atoms with Crippen LogP contribution in [0.3, 0.4) is 0 Å². The molecule has 1 rings (SSSR count). The van der Waals surface area contributed by atoms with Crippen LogP contribution in [0.1, 0.15) is 13.8 Å². The molecule has 0 aliphatic carbocycles. The molecule has 92 valence electrons. The van der Waals surface area contributed by atoms with Crippen molar-refractivity contribution in [2.75, 3.05) is 20.1 Å². The Kier molecular flexibility index (Phi) is 2.91. The van der Waals surface area contributed by atoms with Crippen LogP contribution in [0.4, 0.5) is 13.2 Å². The quantitative estimate of drug-likeness (QED) is 0.621. The zero-order valence-electron chi connectivity index (χ0n) is 9.26. The highest BCUT2D eigenvalue weighted by atomic mass is 19.4. The fourth-order valence-corrected chi connectivity index (χ4v) is 1.72. The van der Waals surface area contributed by atoms with Gasteiger partial charge in [-0.05, 0) is 13.8 Å². The van der Waals surface area contributed by atoms with Crippen LogP contribution in [-0.4, -0.2) is 53.5 Å². The monoisotopic (exact) mass is 238 g/mol. The Balaban J connectivity index is 2.99. The summed E-state index contributed by atoms with van der Waals surface area (Å²) in [4.78, 5) is 24.7. The normalized spacial score (nSPS) is 21.2. The van der Waals surface area contributed by atoms with Crippen molar-refractivity contribution in [2.45, 2.75) is 25.6 Å². The summed E-state index contributed by atoms with van der Waals surface area (Å²) >= 11 is 0. The van der Waals surface area contributed by atoms with Gasteiger partial charge in [0, 0.05) is 20.1 Å². The molecule has 0 unspecified atom stereocenters. The largest absolute Gasteiger partial charge is 0.471 e. The van der Waals surface area contributed by atoms with E-state index in [1.807, 2.05) is 0 Å². The summed E-state index contributed by atoms with van der Waals surface area (Å²) < 4.78 is 36.9. The fraction of sp³-hybridized carbons (Fsp3) is 0.778. The molecular weight excluding hydrogens is 225 g/mol. The Morgan fingerprint density at radius 2 is 1.81 bits per heavy atom. The van der Waals surface area contributed by atoms with Gasteiger partial charge in [-0.25, -0.2) is 0 Å². The molecule has 0 aromatic carbocycles. The van der Waals surface area contributed by atoms with Gasteiger partial charge in [-0.2, -0.15) is 13.2 Å². The van der Waals surface area contributed by atoms with Crippen LogP contribution in [-0.2, 0) is 9.59 Å². The maximum Gasteiger partial charge on any atom is 0.471 e. The first-order valence-corrected chi connectivity index (χ1v) is 4.73. The Morgan fingerprint density at radius 3 is 2.25 bits per heavy atom. The third kappa shape index (κ3) is 1.98. The van der Waals surface area contributed by atoms with Gasteiger partial charge in [0.2, 0.25) is 5.91 Å². The molecule has 0 atom stereocenters. The molecule has 0 aromatic rings. The topological polar surface area (TPSA) is 40.6 Å². The van der Waals surface area contributed by atoms with E-state index in [9.17, 15) is 22.8 Å². The molecule has 0 aromatic heterocycles. The molecule has 0 N–H and O–H groups in total. The van der Waals surface area contributed by atoms with Crippen molar-refractivity contribution in [1.29, 1.82) is 0 Å². The third-order valence-corrected chi connectivity index (χ3v) is 2.69. The van der Waals surface area contributed by atoms with Gasteiger partial charge in [0.15, 0.2) is 0 Å². The number of halogens is 3. The first-order chi connectivity index (χ1) is 7.08. The van der Waals surface area contributed by atoms with Gasteiger partial charge in [0.05, 0.1) is 0 Å². The van der Waals surface area contributed by atoms with Gasteiger partial charge >= 0.3 is 12.1 Å². The standard InChI is InChI=1S/C9H13F3N2O2/c1-8(2)6(15)13(3)4-5-14(8)7(16)9(10,11)12/h4-5H2,1-3H3. The number of carbonyl (C=O) groups excluding carboxylic acids is 2. The van der Waals surface area contributed by atoms with E-state index in [0.29, 0.717) is 4.90 Å². The first-order valence-electron chi connectivity index (χ1n) is 4.73. The van der Waals surface area contributed by atoms with Gasteiger partial charge in [0.25, 0.3) is 0 Å². The Morgan fingerprint density at radius 1 is 1.31 bits per heavy atom. The van der Waals surface area contributed by atoms with Crippen molar-refractivity contribution < 1.29 is 22.8 Å². The van der Waals surface area contributed by atoms with Crippen LogP contribution >= 0.6 is 0 Å². The molecule has 1 fully saturated rings. The van der Waals surface area contributed by atoms with Crippen molar-refractivity contribution in [3.05, 3.63) is 0 Å². The molecule has 0 bridgehead atoms. The number of amides is 2. The van der Waals surface area contributed by atoms with E-state index < -0.39 is 23.5 Å².